The molecule has 8 rings (SSSR count). The van der Waals surface area contributed by atoms with Crippen LogP contribution in [-0.2, 0) is 5.41 Å². The van der Waals surface area contributed by atoms with Crippen LogP contribution in [0.3, 0.4) is 0 Å². The van der Waals surface area contributed by atoms with E-state index in [0.29, 0.717) is 0 Å². The molecule has 0 amide bonds. The quantitative estimate of drug-likeness (QED) is 0.203. The molecule has 0 saturated carbocycles. The Balaban J connectivity index is 1.36. The van der Waals surface area contributed by atoms with Gasteiger partial charge in [0.05, 0.1) is 5.69 Å². The summed E-state index contributed by atoms with van der Waals surface area (Å²) in [4.78, 5) is 2.32. The number of para-hydroxylation sites is 2. The van der Waals surface area contributed by atoms with Gasteiger partial charge in [-0.3, -0.25) is 0 Å². The van der Waals surface area contributed by atoms with E-state index in [1.165, 1.54) is 38.8 Å². The van der Waals surface area contributed by atoms with Gasteiger partial charge in [-0.2, -0.15) is 0 Å². The number of rotatable bonds is 6. The van der Waals surface area contributed by atoms with Crippen LogP contribution in [0.15, 0.2) is 144 Å². The highest BCUT2D eigenvalue weighted by molar-refractivity contribution is 6.17. The van der Waals surface area contributed by atoms with Crippen LogP contribution in [0.4, 0.5) is 17.1 Å². The summed E-state index contributed by atoms with van der Waals surface area (Å²) >= 11 is 0. The van der Waals surface area contributed by atoms with Gasteiger partial charge in [0.25, 0.3) is 0 Å². The molecule has 0 bridgehead atoms. The van der Waals surface area contributed by atoms with Gasteiger partial charge in [0.2, 0.25) is 0 Å². The maximum atomic E-state index is 6.83. The molecule has 0 fully saturated rings. The Morgan fingerprint density at radius 3 is 1.95 bits per heavy atom. The van der Waals surface area contributed by atoms with Crippen molar-refractivity contribution in [1.82, 2.24) is 0 Å². The molecule has 0 unspecified atom stereocenters. The van der Waals surface area contributed by atoms with Gasteiger partial charge >= 0.3 is 0 Å². The van der Waals surface area contributed by atoms with Gasteiger partial charge in [-0.1, -0.05) is 117 Å². The first-order valence-electron chi connectivity index (χ1n) is 15.3. The SMILES string of the molecule is CCC1(CC)c2ccccc2-c2c1ccc1oc3c(N(c4ccccc4)c4ccc(-c5ccccc5)cc4)cccc3c21. The third-order valence-electron chi connectivity index (χ3n) is 9.57. The van der Waals surface area contributed by atoms with E-state index in [0.717, 1.165) is 46.5 Å². The molecular formula is C41H33NO. The number of hydrogen-bond donors (Lipinski definition) is 0. The van der Waals surface area contributed by atoms with Gasteiger partial charge in [-0.15, -0.1) is 0 Å². The van der Waals surface area contributed by atoms with Gasteiger partial charge in [-0.05, 0) is 82.6 Å². The number of hydrogen-bond acceptors (Lipinski definition) is 2. The van der Waals surface area contributed by atoms with Gasteiger partial charge < -0.3 is 9.32 Å². The molecule has 208 valence electrons. The van der Waals surface area contributed by atoms with Crippen molar-refractivity contribution in [3.05, 3.63) is 151 Å². The van der Waals surface area contributed by atoms with E-state index in [2.05, 4.69) is 158 Å². The van der Waals surface area contributed by atoms with Crippen molar-refractivity contribution in [2.75, 3.05) is 4.90 Å². The molecule has 2 heteroatoms. The first-order chi connectivity index (χ1) is 21.2. The van der Waals surface area contributed by atoms with Crippen molar-refractivity contribution in [3.8, 4) is 22.3 Å². The lowest BCUT2D eigenvalue weighted by molar-refractivity contribution is 0.490. The Labute approximate surface area is 252 Å². The molecule has 1 aromatic heterocycles. The molecule has 1 aliphatic rings. The van der Waals surface area contributed by atoms with E-state index in [1.54, 1.807) is 0 Å². The van der Waals surface area contributed by atoms with E-state index in [1.807, 2.05) is 0 Å². The largest absolute Gasteiger partial charge is 0.454 e. The Morgan fingerprint density at radius 1 is 0.558 bits per heavy atom. The number of furan rings is 1. The van der Waals surface area contributed by atoms with Crippen LogP contribution in [0, 0.1) is 0 Å². The Morgan fingerprint density at radius 2 is 1.21 bits per heavy atom. The highest BCUT2D eigenvalue weighted by Gasteiger charge is 2.41. The van der Waals surface area contributed by atoms with E-state index < -0.39 is 0 Å². The van der Waals surface area contributed by atoms with Gasteiger partial charge in [-0.25, -0.2) is 0 Å². The number of benzene rings is 6. The van der Waals surface area contributed by atoms with Crippen LogP contribution in [0.25, 0.3) is 44.2 Å². The number of fused-ring (bicyclic) bond motifs is 7. The van der Waals surface area contributed by atoms with Crippen molar-refractivity contribution in [2.24, 2.45) is 0 Å². The molecule has 0 atom stereocenters. The summed E-state index contributed by atoms with van der Waals surface area (Å²) in [6.45, 7) is 4.65. The maximum absolute atomic E-state index is 6.83. The first kappa shape index (κ1) is 25.6. The second-order valence-electron chi connectivity index (χ2n) is 11.5. The van der Waals surface area contributed by atoms with Gasteiger partial charge in [0.1, 0.15) is 5.58 Å². The Bertz CT molecular complexity index is 2080. The second kappa shape index (κ2) is 10.0. The normalized spacial score (nSPS) is 13.3. The number of nitrogens with zero attached hydrogens (tertiary/aromatic N) is 1. The standard InChI is InChI=1S/C41H33NO/c1-3-41(4-2)34-20-12-11-18-32(34)38-35(41)26-27-37-39(38)33-19-13-21-36(40(33)43-37)42(30-16-9-6-10-17-30)31-24-22-29(23-25-31)28-14-7-5-8-15-28/h5-27H,3-4H2,1-2H3. The minimum Gasteiger partial charge on any atom is -0.454 e. The van der Waals surface area contributed by atoms with Crippen LogP contribution in [0.5, 0.6) is 0 Å². The fraction of sp³-hybridized carbons (Fsp3) is 0.122. The van der Waals surface area contributed by atoms with Crippen molar-refractivity contribution in [1.29, 1.82) is 0 Å². The van der Waals surface area contributed by atoms with E-state index >= 15 is 0 Å². The Kier molecular flexibility index (Phi) is 5.97. The highest BCUT2D eigenvalue weighted by atomic mass is 16.3. The molecular weight excluding hydrogens is 522 g/mol. The maximum Gasteiger partial charge on any atom is 0.159 e. The summed E-state index contributed by atoms with van der Waals surface area (Å²) in [5, 5.41) is 2.38. The summed E-state index contributed by atoms with van der Waals surface area (Å²) in [7, 11) is 0. The molecule has 0 N–H and O–H groups in total. The fourth-order valence-electron chi connectivity index (χ4n) is 7.44. The molecule has 6 aromatic carbocycles. The van der Waals surface area contributed by atoms with E-state index in [4.69, 9.17) is 4.42 Å². The lowest BCUT2D eigenvalue weighted by Gasteiger charge is -2.29. The summed E-state index contributed by atoms with van der Waals surface area (Å²) in [6.07, 6.45) is 2.14. The number of anilines is 3. The van der Waals surface area contributed by atoms with Crippen molar-refractivity contribution in [3.63, 3.8) is 0 Å². The second-order valence-corrected chi connectivity index (χ2v) is 11.5. The summed E-state index contributed by atoms with van der Waals surface area (Å²) in [5.74, 6) is 0. The lowest BCUT2D eigenvalue weighted by atomic mass is 9.74. The molecule has 1 aliphatic carbocycles. The zero-order valence-electron chi connectivity index (χ0n) is 24.5. The minimum atomic E-state index is 0.0257. The van der Waals surface area contributed by atoms with Crippen LogP contribution >= 0.6 is 0 Å². The first-order valence-corrected chi connectivity index (χ1v) is 15.3. The topological polar surface area (TPSA) is 16.4 Å². The smallest absolute Gasteiger partial charge is 0.159 e. The van der Waals surface area contributed by atoms with Crippen LogP contribution < -0.4 is 4.90 Å². The molecule has 1 heterocycles. The lowest BCUT2D eigenvalue weighted by Crippen LogP contribution is -2.22. The average molecular weight is 556 g/mol. The van der Waals surface area contributed by atoms with E-state index in [9.17, 15) is 0 Å². The average Bonchev–Trinajstić information content (AvgIpc) is 3.60. The van der Waals surface area contributed by atoms with Crippen molar-refractivity contribution >= 4 is 39.0 Å². The third-order valence-corrected chi connectivity index (χ3v) is 9.57. The minimum absolute atomic E-state index is 0.0257. The van der Waals surface area contributed by atoms with Gasteiger partial charge in [0, 0.05) is 27.6 Å². The summed E-state index contributed by atoms with van der Waals surface area (Å²) < 4.78 is 6.83. The summed E-state index contributed by atoms with van der Waals surface area (Å²) in [5.41, 5.74) is 13.0. The molecule has 43 heavy (non-hydrogen) atoms. The molecule has 0 spiro atoms. The molecule has 2 nitrogen and oxygen atoms in total. The Hall–Kier alpha value is -5.08. The van der Waals surface area contributed by atoms with Crippen molar-refractivity contribution < 1.29 is 4.42 Å². The summed E-state index contributed by atoms with van der Waals surface area (Å²) in [6, 6.07) is 50.1. The fourth-order valence-corrected chi connectivity index (χ4v) is 7.44. The molecule has 0 radical (unpaired) electrons. The molecule has 0 aliphatic heterocycles. The van der Waals surface area contributed by atoms with Crippen LogP contribution in [0.2, 0.25) is 0 Å². The third kappa shape index (κ3) is 3.79. The van der Waals surface area contributed by atoms with Crippen LogP contribution in [-0.4, -0.2) is 0 Å². The molecule has 0 saturated heterocycles. The predicted molar refractivity (Wildman–Crippen MR) is 181 cm³/mol. The van der Waals surface area contributed by atoms with Crippen LogP contribution in [0.1, 0.15) is 37.8 Å². The monoisotopic (exact) mass is 555 g/mol. The van der Waals surface area contributed by atoms with E-state index in [-0.39, 0.29) is 5.41 Å². The predicted octanol–water partition coefficient (Wildman–Crippen LogP) is 11.8. The van der Waals surface area contributed by atoms with Gasteiger partial charge in [0.15, 0.2) is 5.58 Å². The van der Waals surface area contributed by atoms with Crippen molar-refractivity contribution in [2.45, 2.75) is 32.1 Å². The zero-order valence-corrected chi connectivity index (χ0v) is 24.5. The molecule has 7 aromatic rings. The zero-order chi connectivity index (χ0) is 29.0. The highest BCUT2D eigenvalue weighted by Crippen LogP contribution is 2.56.